The quantitative estimate of drug-likeness (QED) is 0.697. The Morgan fingerprint density at radius 2 is 2.07 bits per heavy atom. The minimum absolute atomic E-state index is 0.0340. The highest BCUT2D eigenvalue weighted by Gasteiger charge is 2.48. The Morgan fingerprint density at radius 3 is 2.47 bits per heavy atom. The Kier molecular flexibility index (Phi) is 2.84. The van der Waals surface area contributed by atoms with E-state index in [9.17, 15) is 9.90 Å². The van der Waals surface area contributed by atoms with Gasteiger partial charge in [-0.2, -0.15) is 0 Å². The Hall–Kier alpha value is -0.810. The predicted octanol–water partition coefficient (Wildman–Crippen LogP) is 0.0710. The summed E-state index contributed by atoms with van der Waals surface area (Å²) >= 11 is 0. The first-order valence-corrected chi connectivity index (χ1v) is 5.48. The van der Waals surface area contributed by atoms with Crippen molar-refractivity contribution in [3.8, 4) is 0 Å². The molecule has 0 aromatic heterocycles. The second-order valence-corrected chi connectivity index (χ2v) is 4.51. The SMILES string of the molecule is NC(=O)OC1CCN(C2(CO)CC2)CC1. The zero-order valence-electron chi connectivity index (χ0n) is 8.82. The zero-order chi connectivity index (χ0) is 10.9. The minimum atomic E-state index is -0.684. The van der Waals surface area contributed by atoms with Crippen LogP contribution in [-0.2, 0) is 4.74 Å². The van der Waals surface area contributed by atoms with Crippen molar-refractivity contribution in [2.75, 3.05) is 19.7 Å². The highest BCUT2D eigenvalue weighted by molar-refractivity contribution is 5.64. The largest absolute Gasteiger partial charge is 0.446 e. The van der Waals surface area contributed by atoms with E-state index in [4.69, 9.17) is 10.5 Å². The highest BCUT2D eigenvalue weighted by Crippen LogP contribution is 2.42. The Morgan fingerprint density at radius 1 is 1.47 bits per heavy atom. The Bertz CT molecular complexity index is 245. The summed E-state index contributed by atoms with van der Waals surface area (Å²) in [6.45, 7) is 2.02. The van der Waals surface area contributed by atoms with Crippen molar-refractivity contribution in [3.63, 3.8) is 0 Å². The third-order valence-electron chi connectivity index (χ3n) is 3.52. The fourth-order valence-electron chi connectivity index (χ4n) is 2.33. The van der Waals surface area contributed by atoms with Crippen LogP contribution in [0.25, 0.3) is 0 Å². The molecule has 5 nitrogen and oxygen atoms in total. The molecule has 0 atom stereocenters. The van der Waals surface area contributed by atoms with E-state index in [0.29, 0.717) is 0 Å². The van der Waals surface area contributed by atoms with Gasteiger partial charge in [0.25, 0.3) is 0 Å². The molecule has 1 saturated carbocycles. The number of piperidine rings is 1. The van der Waals surface area contributed by atoms with Crippen LogP contribution in [0.4, 0.5) is 4.79 Å². The third-order valence-corrected chi connectivity index (χ3v) is 3.52. The first-order chi connectivity index (χ1) is 7.16. The molecule has 3 N–H and O–H groups in total. The van der Waals surface area contributed by atoms with E-state index in [1.165, 1.54) is 0 Å². The van der Waals surface area contributed by atoms with Gasteiger partial charge >= 0.3 is 6.09 Å². The topological polar surface area (TPSA) is 75.8 Å². The average molecular weight is 214 g/mol. The number of hydrogen-bond acceptors (Lipinski definition) is 4. The number of primary amides is 1. The number of carbonyl (C=O) groups excluding carboxylic acids is 1. The summed E-state index contributed by atoms with van der Waals surface area (Å²) in [6, 6.07) is 0. The first-order valence-electron chi connectivity index (χ1n) is 5.48. The molecule has 1 aliphatic carbocycles. The molecule has 1 aliphatic heterocycles. The Labute approximate surface area is 89.2 Å². The molecule has 0 spiro atoms. The van der Waals surface area contributed by atoms with E-state index in [0.717, 1.165) is 38.8 Å². The lowest BCUT2D eigenvalue weighted by Gasteiger charge is -2.36. The summed E-state index contributed by atoms with van der Waals surface area (Å²) in [4.78, 5) is 12.9. The number of ether oxygens (including phenoxy) is 1. The normalized spacial score (nSPS) is 26.2. The van der Waals surface area contributed by atoms with Crippen LogP contribution in [0.15, 0.2) is 0 Å². The number of rotatable bonds is 3. The summed E-state index contributed by atoms with van der Waals surface area (Å²) in [7, 11) is 0. The maximum atomic E-state index is 10.6. The number of nitrogens with zero attached hydrogens (tertiary/aromatic N) is 1. The number of aliphatic hydroxyl groups excluding tert-OH is 1. The highest BCUT2D eigenvalue weighted by atomic mass is 16.6. The second-order valence-electron chi connectivity index (χ2n) is 4.51. The van der Waals surface area contributed by atoms with E-state index in [1.54, 1.807) is 0 Å². The van der Waals surface area contributed by atoms with Crippen LogP contribution in [0.5, 0.6) is 0 Å². The number of carbonyl (C=O) groups is 1. The van der Waals surface area contributed by atoms with E-state index < -0.39 is 6.09 Å². The summed E-state index contributed by atoms with van der Waals surface area (Å²) < 4.78 is 4.96. The molecule has 0 aromatic carbocycles. The van der Waals surface area contributed by atoms with E-state index in [2.05, 4.69) is 4.90 Å². The number of aliphatic hydroxyl groups is 1. The van der Waals surface area contributed by atoms with Gasteiger partial charge in [0.1, 0.15) is 6.10 Å². The van der Waals surface area contributed by atoms with Crippen LogP contribution in [0.1, 0.15) is 25.7 Å². The van der Waals surface area contributed by atoms with Gasteiger partial charge in [0, 0.05) is 18.6 Å². The molecule has 86 valence electrons. The molecule has 2 aliphatic rings. The van der Waals surface area contributed by atoms with Crippen molar-refractivity contribution >= 4 is 6.09 Å². The van der Waals surface area contributed by atoms with E-state index in [-0.39, 0.29) is 18.2 Å². The monoisotopic (exact) mass is 214 g/mol. The van der Waals surface area contributed by atoms with Crippen LogP contribution in [0, 0.1) is 0 Å². The number of amides is 1. The summed E-state index contributed by atoms with van der Waals surface area (Å²) in [5.41, 5.74) is 5.02. The van der Waals surface area contributed by atoms with Gasteiger partial charge in [-0.15, -0.1) is 0 Å². The number of likely N-dealkylation sites (tertiary alicyclic amines) is 1. The molecule has 5 heteroatoms. The standard InChI is InChI=1S/C10H18N2O3/c11-9(14)15-8-1-5-12(6-2-8)10(7-13)3-4-10/h8,13H,1-7H2,(H2,11,14). The molecular weight excluding hydrogens is 196 g/mol. The lowest BCUT2D eigenvalue weighted by atomic mass is 10.0. The molecule has 1 amide bonds. The van der Waals surface area contributed by atoms with Crippen LogP contribution >= 0.6 is 0 Å². The Balaban J connectivity index is 1.79. The van der Waals surface area contributed by atoms with E-state index >= 15 is 0 Å². The number of nitrogens with two attached hydrogens (primary N) is 1. The predicted molar refractivity (Wildman–Crippen MR) is 54.3 cm³/mol. The molecule has 2 rings (SSSR count). The average Bonchev–Trinajstić information content (AvgIpc) is 2.99. The summed E-state index contributed by atoms with van der Waals surface area (Å²) in [6.07, 6.45) is 3.11. The van der Waals surface area contributed by atoms with E-state index in [1.807, 2.05) is 0 Å². The molecule has 2 fully saturated rings. The van der Waals surface area contributed by atoms with Gasteiger partial charge < -0.3 is 15.6 Å². The third kappa shape index (κ3) is 2.23. The van der Waals surface area contributed by atoms with Gasteiger partial charge in [0.15, 0.2) is 0 Å². The fourth-order valence-corrected chi connectivity index (χ4v) is 2.33. The van der Waals surface area contributed by atoms with Crippen molar-refractivity contribution < 1.29 is 14.6 Å². The van der Waals surface area contributed by atoms with Gasteiger partial charge in [-0.25, -0.2) is 4.79 Å². The van der Waals surface area contributed by atoms with Crippen LogP contribution in [0.2, 0.25) is 0 Å². The lowest BCUT2D eigenvalue weighted by molar-refractivity contribution is 0.0219. The van der Waals surface area contributed by atoms with Crippen LogP contribution in [-0.4, -0.2) is 47.4 Å². The molecule has 1 heterocycles. The fraction of sp³-hybridized carbons (Fsp3) is 0.900. The maximum Gasteiger partial charge on any atom is 0.404 e. The second kappa shape index (κ2) is 3.98. The van der Waals surface area contributed by atoms with Crippen molar-refractivity contribution in [1.82, 2.24) is 4.90 Å². The first kappa shape index (κ1) is 10.7. The summed E-state index contributed by atoms with van der Waals surface area (Å²) in [5, 5.41) is 9.27. The smallest absolute Gasteiger partial charge is 0.404 e. The van der Waals surface area contributed by atoms with Crippen LogP contribution in [0.3, 0.4) is 0 Å². The van der Waals surface area contributed by atoms with Crippen LogP contribution < -0.4 is 5.73 Å². The van der Waals surface area contributed by atoms with Crippen molar-refractivity contribution in [2.24, 2.45) is 5.73 Å². The molecule has 0 aromatic rings. The molecule has 0 bridgehead atoms. The lowest BCUT2D eigenvalue weighted by Crippen LogP contribution is -2.47. The molecule has 0 radical (unpaired) electrons. The number of hydrogen-bond donors (Lipinski definition) is 2. The summed E-state index contributed by atoms with van der Waals surface area (Å²) in [5.74, 6) is 0. The van der Waals surface area contributed by atoms with Crippen molar-refractivity contribution in [1.29, 1.82) is 0 Å². The maximum absolute atomic E-state index is 10.6. The molecular formula is C10H18N2O3. The van der Waals surface area contributed by atoms with Gasteiger partial charge in [-0.05, 0) is 25.7 Å². The van der Waals surface area contributed by atoms with Gasteiger partial charge in [0.2, 0.25) is 0 Å². The van der Waals surface area contributed by atoms with Gasteiger partial charge in [-0.3, -0.25) is 4.90 Å². The van der Waals surface area contributed by atoms with Gasteiger partial charge in [-0.1, -0.05) is 0 Å². The molecule has 15 heavy (non-hydrogen) atoms. The molecule has 1 saturated heterocycles. The van der Waals surface area contributed by atoms with Gasteiger partial charge in [0.05, 0.1) is 6.61 Å². The van der Waals surface area contributed by atoms with Crippen molar-refractivity contribution in [3.05, 3.63) is 0 Å². The molecule has 0 unspecified atom stereocenters. The zero-order valence-corrected chi connectivity index (χ0v) is 8.82. The van der Waals surface area contributed by atoms with Crippen molar-refractivity contribution in [2.45, 2.75) is 37.3 Å². The minimum Gasteiger partial charge on any atom is -0.446 e.